The summed E-state index contributed by atoms with van der Waals surface area (Å²) in [6.07, 6.45) is 0. The minimum Gasteiger partial charge on any atom is -0.397 e. The number of anilines is 2. The fourth-order valence-electron chi connectivity index (χ4n) is 1.74. The Bertz CT molecular complexity index is 669. The molecule has 0 saturated carbocycles. The van der Waals surface area contributed by atoms with Crippen LogP contribution in [0.4, 0.5) is 20.2 Å². The van der Waals surface area contributed by atoms with E-state index in [0.717, 1.165) is 12.1 Å². The Balaban J connectivity index is 2.36. The van der Waals surface area contributed by atoms with Crippen molar-refractivity contribution >= 4 is 28.9 Å². The van der Waals surface area contributed by atoms with Crippen molar-refractivity contribution in [3.05, 3.63) is 58.1 Å². The van der Waals surface area contributed by atoms with Gasteiger partial charge in [-0.15, -0.1) is 0 Å². The largest absolute Gasteiger partial charge is 0.397 e. The second-order valence-corrected chi connectivity index (χ2v) is 4.65. The second-order valence-electron chi connectivity index (χ2n) is 4.24. The van der Waals surface area contributed by atoms with Gasteiger partial charge in [-0.05, 0) is 30.7 Å². The van der Waals surface area contributed by atoms with Crippen LogP contribution < -0.4 is 11.1 Å². The highest BCUT2D eigenvalue weighted by atomic mass is 35.5. The van der Waals surface area contributed by atoms with Gasteiger partial charge in [-0.25, -0.2) is 8.78 Å². The maximum absolute atomic E-state index is 13.6. The lowest BCUT2D eigenvalue weighted by atomic mass is 10.1. The van der Waals surface area contributed by atoms with E-state index in [9.17, 15) is 13.6 Å². The quantitative estimate of drug-likeness (QED) is 0.655. The SMILES string of the molecule is Cc1cccc(N)c1NC(=O)c1cc(F)c(Cl)cc1F. The summed E-state index contributed by atoms with van der Waals surface area (Å²) in [5.41, 5.74) is 6.73. The average Bonchev–Trinajstić information content (AvgIpc) is 2.38. The summed E-state index contributed by atoms with van der Waals surface area (Å²) in [6.45, 7) is 1.74. The first kappa shape index (κ1) is 14.3. The molecule has 2 aromatic rings. The van der Waals surface area contributed by atoms with Crippen molar-refractivity contribution in [3.63, 3.8) is 0 Å². The van der Waals surface area contributed by atoms with Gasteiger partial charge in [0.25, 0.3) is 5.91 Å². The molecule has 1 amide bonds. The molecule has 0 aliphatic rings. The van der Waals surface area contributed by atoms with E-state index in [-0.39, 0.29) is 5.02 Å². The van der Waals surface area contributed by atoms with Crippen molar-refractivity contribution in [1.29, 1.82) is 0 Å². The van der Waals surface area contributed by atoms with Crippen LogP contribution in [0.2, 0.25) is 5.02 Å². The molecule has 104 valence electrons. The lowest BCUT2D eigenvalue weighted by molar-refractivity contribution is 0.102. The standard InChI is InChI=1S/C14H11ClF2N2O/c1-7-3-2-4-12(18)13(7)19-14(20)8-5-11(17)9(15)6-10(8)16/h2-6H,18H2,1H3,(H,19,20). The molecule has 6 heteroatoms. The summed E-state index contributed by atoms with van der Waals surface area (Å²) in [6, 6.07) is 6.57. The average molecular weight is 297 g/mol. The van der Waals surface area contributed by atoms with Crippen LogP contribution >= 0.6 is 11.6 Å². The van der Waals surface area contributed by atoms with Crippen molar-refractivity contribution in [2.75, 3.05) is 11.1 Å². The molecule has 0 fully saturated rings. The van der Waals surface area contributed by atoms with Crippen molar-refractivity contribution < 1.29 is 13.6 Å². The molecule has 0 bridgehead atoms. The van der Waals surface area contributed by atoms with E-state index in [1.54, 1.807) is 25.1 Å². The smallest absolute Gasteiger partial charge is 0.258 e. The number of aryl methyl sites for hydroxylation is 1. The van der Waals surface area contributed by atoms with Gasteiger partial charge in [0, 0.05) is 0 Å². The van der Waals surface area contributed by atoms with Crippen LogP contribution in [0, 0.1) is 18.6 Å². The number of hydrogen-bond acceptors (Lipinski definition) is 2. The number of halogens is 3. The van der Waals surface area contributed by atoms with E-state index in [1.807, 2.05) is 0 Å². The molecular formula is C14H11ClF2N2O. The van der Waals surface area contributed by atoms with Crippen LogP contribution in [0.25, 0.3) is 0 Å². The van der Waals surface area contributed by atoms with Crippen LogP contribution in [0.5, 0.6) is 0 Å². The van der Waals surface area contributed by atoms with Crippen molar-refractivity contribution in [3.8, 4) is 0 Å². The van der Waals surface area contributed by atoms with Gasteiger partial charge in [0.05, 0.1) is 22.0 Å². The number of nitrogen functional groups attached to an aromatic ring is 1. The number of nitrogens with two attached hydrogens (primary N) is 1. The van der Waals surface area contributed by atoms with E-state index >= 15 is 0 Å². The first-order valence-electron chi connectivity index (χ1n) is 5.71. The fraction of sp³-hybridized carbons (Fsp3) is 0.0714. The van der Waals surface area contributed by atoms with Crippen LogP contribution in [-0.2, 0) is 0 Å². The van der Waals surface area contributed by atoms with E-state index < -0.39 is 23.1 Å². The van der Waals surface area contributed by atoms with Gasteiger partial charge in [0.15, 0.2) is 0 Å². The number of carbonyl (C=O) groups excluding carboxylic acids is 1. The molecular weight excluding hydrogens is 286 g/mol. The first-order valence-corrected chi connectivity index (χ1v) is 6.09. The first-order chi connectivity index (χ1) is 9.40. The Morgan fingerprint density at radius 1 is 1.25 bits per heavy atom. The van der Waals surface area contributed by atoms with E-state index in [2.05, 4.69) is 5.32 Å². The third kappa shape index (κ3) is 2.72. The molecule has 0 radical (unpaired) electrons. The molecule has 3 nitrogen and oxygen atoms in total. The molecule has 0 heterocycles. The Labute approximate surface area is 119 Å². The predicted molar refractivity (Wildman–Crippen MR) is 74.9 cm³/mol. The van der Waals surface area contributed by atoms with Crippen LogP contribution in [-0.4, -0.2) is 5.91 Å². The molecule has 20 heavy (non-hydrogen) atoms. The zero-order valence-corrected chi connectivity index (χ0v) is 11.3. The van der Waals surface area contributed by atoms with Gasteiger partial charge in [0.1, 0.15) is 11.6 Å². The van der Waals surface area contributed by atoms with Gasteiger partial charge in [-0.3, -0.25) is 4.79 Å². The predicted octanol–water partition coefficient (Wildman–Crippen LogP) is 3.76. The number of amides is 1. The van der Waals surface area contributed by atoms with E-state index in [0.29, 0.717) is 16.9 Å². The van der Waals surface area contributed by atoms with Gasteiger partial charge in [-0.1, -0.05) is 23.7 Å². The Kier molecular flexibility index (Phi) is 3.90. The fourth-order valence-corrected chi connectivity index (χ4v) is 1.89. The molecule has 2 rings (SSSR count). The summed E-state index contributed by atoms with van der Waals surface area (Å²) in [7, 11) is 0. The molecule has 0 aliphatic heterocycles. The molecule has 0 atom stereocenters. The third-order valence-corrected chi connectivity index (χ3v) is 3.09. The van der Waals surface area contributed by atoms with Gasteiger partial charge >= 0.3 is 0 Å². The van der Waals surface area contributed by atoms with Crippen LogP contribution in [0.3, 0.4) is 0 Å². The molecule has 2 aromatic carbocycles. The lowest BCUT2D eigenvalue weighted by Crippen LogP contribution is -2.16. The summed E-state index contributed by atoms with van der Waals surface area (Å²) < 4.78 is 27.0. The number of carbonyl (C=O) groups is 1. The molecule has 3 N–H and O–H groups in total. The van der Waals surface area contributed by atoms with Gasteiger partial charge in [0.2, 0.25) is 0 Å². The number of para-hydroxylation sites is 1. The summed E-state index contributed by atoms with van der Waals surface area (Å²) in [4.78, 5) is 12.0. The van der Waals surface area contributed by atoms with Gasteiger partial charge < -0.3 is 11.1 Å². The van der Waals surface area contributed by atoms with E-state index in [1.165, 1.54) is 0 Å². The Morgan fingerprint density at radius 3 is 2.60 bits per heavy atom. The van der Waals surface area contributed by atoms with Crippen molar-refractivity contribution in [2.24, 2.45) is 0 Å². The monoisotopic (exact) mass is 296 g/mol. The molecule has 0 aromatic heterocycles. The summed E-state index contributed by atoms with van der Waals surface area (Å²) >= 11 is 5.43. The summed E-state index contributed by atoms with van der Waals surface area (Å²) in [5.74, 6) is -2.56. The van der Waals surface area contributed by atoms with Crippen molar-refractivity contribution in [1.82, 2.24) is 0 Å². The topological polar surface area (TPSA) is 55.1 Å². The van der Waals surface area contributed by atoms with Crippen LogP contribution in [0.15, 0.2) is 30.3 Å². The van der Waals surface area contributed by atoms with E-state index in [4.69, 9.17) is 17.3 Å². The highest BCUT2D eigenvalue weighted by Gasteiger charge is 2.17. The number of benzene rings is 2. The zero-order chi connectivity index (χ0) is 14.9. The highest BCUT2D eigenvalue weighted by Crippen LogP contribution is 2.25. The Hall–Kier alpha value is -2.14. The second kappa shape index (κ2) is 5.46. The summed E-state index contributed by atoms with van der Waals surface area (Å²) in [5, 5.41) is 2.09. The molecule has 0 aliphatic carbocycles. The van der Waals surface area contributed by atoms with Gasteiger partial charge in [-0.2, -0.15) is 0 Å². The number of nitrogens with one attached hydrogen (secondary N) is 1. The minimum atomic E-state index is -0.902. The lowest BCUT2D eigenvalue weighted by Gasteiger charge is -2.11. The molecule has 0 unspecified atom stereocenters. The minimum absolute atomic E-state index is 0.341. The zero-order valence-electron chi connectivity index (χ0n) is 10.5. The van der Waals surface area contributed by atoms with Crippen LogP contribution in [0.1, 0.15) is 15.9 Å². The number of hydrogen-bond donors (Lipinski definition) is 2. The molecule has 0 spiro atoms. The Morgan fingerprint density at radius 2 is 1.95 bits per heavy atom. The van der Waals surface area contributed by atoms with Crippen molar-refractivity contribution in [2.45, 2.75) is 6.92 Å². The maximum atomic E-state index is 13.6. The number of rotatable bonds is 2. The highest BCUT2D eigenvalue weighted by molar-refractivity contribution is 6.30. The normalized spacial score (nSPS) is 10.4. The molecule has 0 saturated heterocycles. The maximum Gasteiger partial charge on any atom is 0.258 e. The third-order valence-electron chi connectivity index (χ3n) is 2.80.